The lowest BCUT2D eigenvalue weighted by molar-refractivity contribution is -0.221. The largest absolute Gasteiger partial charge is 0.394 e. The van der Waals surface area contributed by atoms with Crippen LogP contribution in [0.1, 0.15) is 0 Å². The second-order valence-corrected chi connectivity index (χ2v) is 7.92. The number of ether oxygens (including phenoxy) is 1. The van der Waals surface area contributed by atoms with Crippen molar-refractivity contribution in [1.29, 1.82) is 0 Å². The van der Waals surface area contributed by atoms with Crippen molar-refractivity contribution in [3.05, 3.63) is 48.7 Å². The number of hydrogen-bond donors (Lipinski definition) is 6. The summed E-state index contributed by atoms with van der Waals surface area (Å²) in [6.45, 7) is -0.542. The minimum absolute atomic E-state index is 0.00231. The van der Waals surface area contributed by atoms with E-state index in [-0.39, 0.29) is 10.7 Å². The summed E-state index contributed by atoms with van der Waals surface area (Å²) in [5, 5.41) is 41.6. The van der Waals surface area contributed by atoms with Crippen molar-refractivity contribution in [2.45, 2.75) is 35.5 Å². The lowest BCUT2D eigenvalue weighted by Crippen LogP contribution is -2.60. The first-order valence-corrected chi connectivity index (χ1v) is 9.91. The van der Waals surface area contributed by atoms with Gasteiger partial charge in [0.1, 0.15) is 30.2 Å². The number of anilines is 2. The molecular formula is C17H21N3O7S. The first-order valence-electron chi connectivity index (χ1n) is 8.43. The number of pyridine rings is 1. The molecule has 11 heteroatoms. The third-order valence-electron chi connectivity index (χ3n) is 4.27. The fraction of sp³-hybridized carbons (Fsp3) is 0.353. The number of sulfonamides is 1. The van der Waals surface area contributed by atoms with Crippen LogP contribution in [0.2, 0.25) is 0 Å². The summed E-state index contributed by atoms with van der Waals surface area (Å²) in [6.07, 6.45) is -5.10. The Morgan fingerprint density at radius 2 is 1.71 bits per heavy atom. The Labute approximate surface area is 161 Å². The van der Waals surface area contributed by atoms with Gasteiger partial charge < -0.3 is 30.5 Å². The maximum atomic E-state index is 12.4. The Kier molecular flexibility index (Phi) is 6.13. The zero-order valence-electron chi connectivity index (χ0n) is 14.6. The van der Waals surface area contributed by atoms with Gasteiger partial charge in [-0.1, -0.05) is 6.07 Å². The topological polar surface area (TPSA) is 161 Å². The predicted molar refractivity (Wildman–Crippen MR) is 98.9 cm³/mol. The molecular weight excluding hydrogens is 390 g/mol. The van der Waals surface area contributed by atoms with Crippen molar-refractivity contribution in [2.75, 3.05) is 16.6 Å². The summed E-state index contributed by atoms with van der Waals surface area (Å²) in [7, 11) is -3.83. The fourth-order valence-corrected chi connectivity index (χ4v) is 3.74. The number of hydrogen-bond acceptors (Lipinski definition) is 9. The summed E-state index contributed by atoms with van der Waals surface area (Å²) >= 11 is 0. The molecule has 2 aromatic rings. The summed E-state index contributed by atoms with van der Waals surface area (Å²) in [5.74, 6) is 0.186. The van der Waals surface area contributed by atoms with Crippen molar-refractivity contribution in [2.24, 2.45) is 0 Å². The molecule has 1 aromatic heterocycles. The average Bonchev–Trinajstić information content (AvgIpc) is 2.69. The summed E-state index contributed by atoms with van der Waals surface area (Å²) < 4.78 is 32.5. The number of aliphatic hydroxyl groups excluding tert-OH is 4. The van der Waals surface area contributed by atoms with Crippen LogP contribution in [0, 0.1) is 0 Å². The zero-order chi connectivity index (χ0) is 20.3. The van der Waals surface area contributed by atoms with Crippen LogP contribution in [-0.4, -0.2) is 71.1 Å². The minimum Gasteiger partial charge on any atom is -0.394 e. The van der Waals surface area contributed by atoms with Crippen molar-refractivity contribution < 1.29 is 33.6 Å². The van der Waals surface area contributed by atoms with Gasteiger partial charge in [0.05, 0.1) is 11.5 Å². The molecule has 28 heavy (non-hydrogen) atoms. The highest BCUT2D eigenvalue weighted by Crippen LogP contribution is 2.24. The molecule has 152 valence electrons. The number of nitrogens with one attached hydrogen (secondary N) is 2. The normalized spacial score (nSPS) is 27.9. The van der Waals surface area contributed by atoms with Crippen LogP contribution >= 0.6 is 0 Å². The van der Waals surface area contributed by atoms with Gasteiger partial charge in [-0.3, -0.25) is 4.72 Å². The average molecular weight is 411 g/mol. The Morgan fingerprint density at radius 1 is 1.00 bits per heavy atom. The van der Waals surface area contributed by atoms with E-state index in [2.05, 4.69) is 15.0 Å². The van der Waals surface area contributed by atoms with E-state index in [0.29, 0.717) is 5.69 Å². The molecule has 0 bridgehead atoms. The van der Waals surface area contributed by atoms with Crippen molar-refractivity contribution in [3.8, 4) is 0 Å². The van der Waals surface area contributed by atoms with E-state index >= 15 is 0 Å². The molecule has 1 aromatic carbocycles. The van der Waals surface area contributed by atoms with Crippen LogP contribution in [0.5, 0.6) is 0 Å². The van der Waals surface area contributed by atoms with Crippen molar-refractivity contribution in [1.82, 2.24) is 4.98 Å². The lowest BCUT2D eigenvalue weighted by atomic mass is 9.98. The Hall–Kier alpha value is -2.28. The van der Waals surface area contributed by atoms with Crippen LogP contribution in [0.15, 0.2) is 53.6 Å². The highest BCUT2D eigenvalue weighted by Gasteiger charge is 2.43. The molecule has 3 rings (SSSR count). The number of benzene rings is 1. The van der Waals surface area contributed by atoms with Gasteiger partial charge in [0.15, 0.2) is 6.23 Å². The third-order valence-corrected chi connectivity index (χ3v) is 5.64. The molecule has 0 aliphatic carbocycles. The second-order valence-electron chi connectivity index (χ2n) is 6.24. The first-order chi connectivity index (χ1) is 13.3. The van der Waals surface area contributed by atoms with E-state index in [1.807, 2.05) is 0 Å². The molecule has 1 saturated heterocycles. The number of rotatable bonds is 6. The smallest absolute Gasteiger partial charge is 0.263 e. The summed E-state index contributed by atoms with van der Waals surface area (Å²) in [6, 6.07) is 10.4. The van der Waals surface area contributed by atoms with Gasteiger partial charge in [-0.25, -0.2) is 13.4 Å². The number of nitrogens with zero attached hydrogens (tertiary/aromatic N) is 1. The summed E-state index contributed by atoms with van der Waals surface area (Å²) in [5.41, 5.74) is 0.404. The van der Waals surface area contributed by atoms with Crippen LogP contribution in [0.3, 0.4) is 0 Å². The van der Waals surface area contributed by atoms with E-state index in [1.54, 1.807) is 12.1 Å². The van der Waals surface area contributed by atoms with Gasteiger partial charge in [0, 0.05) is 11.9 Å². The number of aliphatic hydroxyl groups is 4. The molecule has 0 saturated carbocycles. The van der Waals surface area contributed by atoms with E-state index in [1.165, 1.54) is 36.5 Å². The molecule has 1 aliphatic rings. The Balaban J connectivity index is 1.70. The number of aromatic nitrogens is 1. The first kappa shape index (κ1) is 20.5. The van der Waals surface area contributed by atoms with Gasteiger partial charge in [0.25, 0.3) is 10.0 Å². The monoisotopic (exact) mass is 411 g/mol. The molecule has 0 amide bonds. The SMILES string of the molecule is O=S(=O)(Nc1ccccn1)c1ccc(N[C@H]2O[C@@H](CO)[C@@H](O)[C@@H](O)[C@@H]2O)cc1. The third kappa shape index (κ3) is 4.41. The molecule has 0 radical (unpaired) electrons. The van der Waals surface area contributed by atoms with Crippen molar-refractivity contribution >= 4 is 21.5 Å². The maximum absolute atomic E-state index is 12.4. The highest BCUT2D eigenvalue weighted by molar-refractivity contribution is 7.92. The lowest BCUT2D eigenvalue weighted by Gasteiger charge is -2.40. The van der Waals surface area contributed by atoms with Gasteiger partial charge >= 0.3 is 0 Å². The standard InChI is InChI=1S/C17H21N3O7S/c21-9-12-14(22)15(23)16(24)17(27-12)19-10-4-6-11(7-5-10)28(25,26)20-13-3-1-2-8-18-13/h1-8,12,14-17,19,21-24H,9H2,(H,18,20)/t12-,14+,15+,16-,17-/m0/s1. The van der Waals surface area contributed by atoms with Crippen LogP contribution in [-0.2, 0) is 14.8 Å². The van der Waals surface area contributed by atoms with Crippen LogP contribution < -0.4 is 10.0 Å². The Morgan fingerprint density at radius 3 is 2.32 bits per heavy atom. The predicted octanol–water partition coefficient (Wildman–Crippen LogP) is -0.906. The molecule has 10 nitrogen and oxygen atoms in total. The molecule has 1 aliphatic heterocycles. The zero-order valence-corrected chi connectivity index (χ0v) is 15.4. The van der Waals surface area contributed by atoms with Gasteiger partial charge in [0.2, 0.25) is 0 Å². The van der Waals surface area contributed by atoms with E-state index < -0.39 is 47.3 Å². The molecule has 0 unspecified atom stereocenters. The van der Waals surface area contributed by atoms with Crippen LogP contribution in [0.25, 0.3) is 0 Å². The van der Waals surface area contributed by atoms with E-state index in [4.69, 9.17) is 4.74 Å². The molecule has 6 N–H and O–H groups in total. The van der Waals surface area contributed by atoms with Gasteiger partial charge in [-0.2, -0.15) is 0 Å². The minimum atomic E-state index is -3.83. The van der Waals surface area contributed by atoms with Gasteiger partial charge in [-0.05, 0) is 36.4 Å². The van der Waals surface area contributed by atoms with E-state index in [9.17, 15) is 28.8 Å². The molecule has 0 spiro atoms. The maximum Gasteiger partial charge on any atom is 0.263 e. The quantitative estimate of drug-likeness (QED) is 0.354. The molecule has 2 heterocycles. The fourth-order valence-electron chi connectivity index (χ4n) is 2.74. The Bertz CT molecular complexity index is 877. The van der Waals surface area contributed by atoms with Crippen molar-refractivity contribution in [3.63, 3.8) is 0 Å². The van der Waals surface area contributed by atoms with E-state index in [0.717, 1.165) is 0 Å². The van der Waals surface area contributed by atoms with Crippen LogP contribution in [0.4, 0.5) is 11.5 Å². The molecule has 1 fully saturated rings. The molecule has 5 atom stereocenters. The van der Waals surface area contributed by atoms with Gasteiger partial charge in [-0.15, -0.1) is 0 Å². The second kappa shape index (κ2) is 8.39. The highest BCUT2D eigenvalue weighted by atomic mass is 32.2. The summed E-state index contributed by atoms with van der Waals surface area (Å²) in [4.78, 5) is 3.91.